The van der Waals surface area contributed by atoms with E-state index in [4.69, 9.17) is 5.26 Å². The largest absolute Gasteiger partial charge is 0.237 e. The number of hydrogen-bond acceptors (Lipinski definition) is 3. The van der Waals surface area contributed by atoms with Gasteiger partial charge in [0.2, 0.25) is 0 Å². The van der Waals surface area contributed by atoms with Crippen molar-refractivity contribution in [2.45, 2.75) is 50.4 Å². The van der Waals surface area contributed by atoms with Crippen LogP contribution in [0.1, 0.15) is 67.6 Å². The van der Waals surface area contributed by atoms with E-state index >= 15 is 0 Å². The van der Waals surface area contributed by atoms with Crippen LogP contribution in [0.2, 0.25) is 0 Å². The van der Waals surface area contributed by atoms with Gasteiger partial charge in [0.05, 0.1) is 0 Å². The summed E-state index contributed by atoms with van der Waals surface area (Å²) in [5, 5.41) is 8.99. The quantitative estimate of drug-likeness (QED) is 0.759. The summed E-state index contributed by atoms with van der Waals surface area (Å²) in [5.41, 5.74) is 1.67. The van der Waals surface area contributed by atoms with Crippen LogP contribution in [0.25, 0.3) is 0 Å². The zero-order valence-corrected chi connectivity index (χ0v) is 9.32. The third-order valence-corrected chi connectivity index (χ3v) is 3.59. The molecule has 0 N–H and O–H groups in total. The topological polar surface area (TPSA) is 49.6 Å². The molecule has 2 aliphatic rings. The van der Waals surface area contributed by atoms with Crippen LogP contribution >= 0.6 is 0 Å². The monoisotopic (exact) mass is 213 g/mol. The molecule has 2 fully saturated rings. The lowest BCUT2D eigenvalue weighted by Crippen LogP contribution is -2.03. The predicted molar refractivity (Wildman–Crippen MR) is 59.9 cm³/mol. The van der Waals surface area contributed by atoms with Gasteiger partial charge in [0.25, 0.3) is 0 Å². The Hall–Kier alpha value is -1.43. The Bertz CT molecular complexity index is 437. The van der Waals surface area contributed by atoms with E-state index in [1.54, 1.807) is 0 Å². The number of rotatable bonds is 2. The molecule has 2 saturated carbocycles. The molecular weight excluding hydrogens is 198 g/mol. The van der Waals surface area contributed by atoms with Gasteiger partial charge in [-0.25, -0.2) is 9.97 Å². The van der Waals surface area contributed by atoms with Gasteiger partial charge in [-0.2, -0.15) is 5.26 Å². The minimum atomic E-state index is 0.536. The molecule has 0 bridgehead atoms. The molecule has 82 valence electrons. The molecular formula is C13H15N3. The van der Waals surface area contributed by atoms with Crippen LogP contribution in [-0.2, 0) is 0 Å². The van der Waals surface area contributed by atoms with Crippen LogP contribution in [-0.4, -0.2) is 9.97 Å². The van der Waals surface area contributed by atoms with Gasteiger partial charge < -0.3 is 0 Å². The summed E-state index contributed by atoms with van der Waals surface area (Å²) in [6.45, 7) is 0. The normalized spacial score (nSPS) is 20.9. The molecule has 0 saturated heterocycles. The zero-order valence-electron chi connectivity index (χ0n) is 9.32. The maximum atomic E-state index is 8.99. The van der Waals surface area contributed by atoms with E-state index in [0.717, 1.165) is 11.5 Å². The van der Waals surface area contributed by atoms with Gasteiger partial charge in [-0.3, -0.25) is 0 Å². The van der Waals surface area contributed by atoms with Crippen molar-refractivity contribution in [2.24, 2.45) is 0 Å². The van der Waals surface area contributed by atoms with Crippen molar-refractivity contribution in [1.29, 1.82) is 5.26 Å². The first-order chi connectivity index (χ1) is 7.86. The second kappa shape index (κ2) is 3.86. The lowest BCUT2D eigenvalue weighted by Gasteiger charge is -2.09. The van der Waals surface area contributed by atoms with Gasteiger partial charge in [-0.05, 0) is 31.7 Å². The predicted octanol–water partition coefficient (Wildman–Crippen LogP) is 2.88. The van der Waals surface area contributed by atoms with Gasteiger partial charge in [0.15, 0.2) is 0 Å². The third-order valence-electron chi connectivity index (χ3n) is 3.59. The van der Waals surface area contributed by atoms with Crippen molar-refractivity contribution in [1.82, 2.24) is 9.97 Å². The molecule has 16 heavy (non-hydrogen) atoms. The molecule has 0 aromatic carbocycles. The molecule has 0 atom stereocenters. The first-order valence-corrected chi connectivity index (χ1v) is 6.16. The van der Waals surface area contributed by atoms with E-state index in [0.29, 0.717) is 17.5 Å². The standard InChI is InChI=1S/C13H15N3/c14-8-11-7-12(9-3-1-2-4-9)16-13(15-11)10-5-6-10/h7,9-10H,1-6H2. The van der Waals surface area contributed by atoms with Crippen LogP contribution in [0.15, 0.2) is 6.07 Å². The molecule has 3 nitrogen and oxygen atoms in total. The summed E-state index contributed by atoms with van der Waals surface area (Å²) in [6, 6.07) is 4.05. The van der Waals surface area contributed by atoms with Gasteiger partial charge in [0.1, 0.15) is 17.6 Å². The lowest BCUT2D eigenvalue weighted by atomic mass is 10.0. The summed E-state index contributed by atoms with van der Waals surface area (Å²) in [4.78, 5) is 8.98. The molecule has 3 heteroatoms. The van der Waals surface area contributed by atoms with E-state index < -0.39 is 0 Å². The van der Waals surface area contributed by atoms with Crippen LogP contribution in [0.5, 0.6) is 0 Å². The van der Waals surface area contributed by atoms with Gasteiger partial charge in [0, 0.05) is 17.5 Å². The average Bonchev–Trinajstić information content (AvgIpc) is 3.04. The molecule has 2 aliphatic carbocycles. The molecule has 0 spiro atoms. The maximum absolute atomic E-state index is 8.99. The smallest absolute Gasteiger partial charge is 0.144 e. The van der Waals surface area contributed by atoms with E-state index in [9.17, 15) is 0 Å². The fourth-order valence-corrected chi connectivity index (χ4v) is 2.50. The average molecular weight is 213 g/mol. The Morgan fingerprint density at radius 1 is 1.06 bits per heavy atom. The van der Waals surface area contributed by atoms with Gasteiger partial charge >= 0.3 is 0 Å². The van der Waals surface area contributed by atoms with Crippen molar-refractivity contribution in [3.8, 4) is 6.07 Å². The van der Waals surface area contributed by atoms with E-state index in [2.05, 4.69) is 16.0 Å². The number of aromatic nitrogens is 2. The number of nitriles is 1. The van der Waals surface area contributed by atoms with Crippen LogP contribution < -0.4 is 0 Å². The SMILES string of the molecule is N#Cc1cc(C2CCCC2)nc(C2CC2)n1. The second-order valence-corrected chi connectivity index (χ2v) is 4.90. The van der Waals surface area contributed by atoms with Crippen molar-refractivity contribution in [3.63, 3.8) is 0 Å². The van der Waals surface area contributed by atoms with Crippen molar-refractivity contribution >= 4 is 0 Å². The zero-order chi connectivity index (χ0) is 11.0. The van der Waals surface area contributed by atoms with Crippen LogP contribution in [0.3, 0.4) is 0 Å². The fraction of sp³-hybridized carbons (Fsp3) is 0.615. The van der Waals surface area contributed by atoms with Crippen LogP contribution in [0.4, 0.5) is 0 Å². The molecule has 0 unspecified atom stereocenters. The Balaban J connectivity index is 1.96. The highest BCUT2D eigenvalue weighted by Gasteiger charge is 2.28. The number of nitrogens with zero attached hydrogens (tertiary/aromatic N) is 3. The lowest BCUT2D eigenvalue weighted by molar-refractivity contribution is 0.682. The molecule has 0 radical (unpaired) electrons. The highest BCUT2D eigenvalue weighted by molar-refractivity contribution is 5.27. The maximum Gasteiger partial charge on any atom is 0.144 e. The molecule has 1 heterocycles. The first kappa shape index (κ1) is 9.77. The molecule has 0 aliphatic heterocycles. The highest BCUT2D eigenvalue weighted by Crippen LogP contribution is 2.39. The Morgan fingerprint density at radius 3 is 2.44 bits per heavy atom. The van der Waals surface area contributed by atoms with Crippen LogP contribution in [0, 0.1) is 11.3 Å². The molecule has 1 aromatic heterocycles. The molecule has 3 rings (SSSR count). The first-order valence-electron chi connectivity index (χ1n) is 6.16. The minimum Gasteiger partial charge on any atom is -0.237 e. The second-order valence-electron chi connectivity index (χ2n) is 4.90. The minimum absolute atomic E-state index is 0.536. The van der Waals surface area contributed by atoms with Gasteiger partial charge in [-0.1, -0.05) is 12.8 Å². The van der Waals surface area contributed by atoms with E-state index in [1.165, 1.54) is 38.5 Å². The summed E-state index contributed by atoms with van der Waals surface area (Å²) in [7, 11) is 0. The van der Waals surface area contributed by atoms with Crippen molar-refractivity contribution < 1.29 is 0 Å². The van der Waals surface area contributed by atoms with Crippen molar-refractivity contribution in [3.05, 3.63) is 23.3 Å². The Kier molecular flexibility index (Phi) is 2.36. The number of hydrogen-bond donors (Lipinski definition) is 0. The summed E-state index contributed by atoms with van der Waals surface area (Å²) < 4.78 is 0. The fourth-order valence-electron chi connectivity index (χ4n) is 2.50. The summed E-state index contributed by atoms with van der Waals surface area (Å²) in [6.07, 6.45) is 7.45. The Labute approximate surface area is 95.5 Å². The third kappa shape index (κ3) is 1.80. The van der Waals surface area contributed by atoms with E-state index in [-0.39, 0.29) is 0 Å². The Morgan fingerprint density at radius 2 is 1.81 bits per heavy atom. The van der Waals surface area contributed by atoms with E-state index in [1.807, 2.05) is 6.07 Å². The summed E-state index contributed by atoms with van der Waals surface area (Å²) >= 11 is 0. The summed E-state index contributed by atoms with van der Waals surface area (Å²) in [5.74, 6) is 2.03. The van der Waals surface area contributed by atoms with Gasteiger partial charge in [-0.15, -0.1) is 0 Å². The highest BCUT2D eigenvalue weighted by atomic mass is 14.9. The molecule has 1 aromatic rings. The molecule has 0 amide bonds. The van der Waals surface area contributed by atoms with Crippen molar-refractivity contribution in [2.75, 3.05) is 0 Å².